The molecule has 1 saturated carbocycles. The van der Waals surface area contributed by atoms with E-state index in [0.29, 0.717) is 23.9 Å². The molecule has 0 spiro atoms. The SMILES string of the molecule is Cc1c(-c2ccc(F)cc2)nn(CC2CC2)c1Cc1cc(-n2nc3c(c2C)C(O)(C(F)(F)F)CC3)ncn1. The zero-order chi connectivity index (χ0) is 26.8. The molecule has 11 heteroatoms. The van der Waals surface area contributed by atoms with Gasteiger partial charge in [-0.15, -0.1) is 0 Å². The molecule has 2 aliphatic carbocycles. The summed E-state index contributed by atoms with van der Waals surface area (Å²) in [6, 6.07) is 7.94. The maximum Gasteiger partial charge on any atom is 0.421 e. The van der Waals surface area contributed by atoms with E-state index in [1.54, 1.807) is 18.2 Å². The van der Waals surface area contributed by atoms with E-state index >= 15 is 0 Å². The lowest BCUT2D eigenvalue weighted by atomic mass is 9.95. The van der Waals surface area contributed by atoms with Crippen molar-refractivity contribution in [2.45, 2.75) is 64.3 Å². The first kappa shape index (κ1) is 24.7. The van der Waals surface area contributed by atoms with Crippen LogP contribution < -0.4 is 0 Å². The van der Waals surface area contributed by atoms with E-state index in [2.05, 4.69) is 15.1 Å². The molecule has 2 aliphatic rings. The number of aliphatic hydroxyl groups is 1. The number of rotatable bonds is 6. The van der Waals surface area contributed by atoms with Gasteiger partial charge in [0.15, 0.2) is 11.4 Å². The molecule has 4 aromatic rings. The highest BCUT2D eigenvalue weighted by molar-refractivity contribution is 5.64. The Hall–Kier alpha value is -3.60. The second-order valence-electron chi connectivity index (χ2n) is 10.3. The fourth-order valence-electron chi connectivity index (χ4n) is 5.36. The van der Waals surface area contributed by atoms with E-state index in [1.807, 2.05) is 11.6 Å². The van der Waals surface area contributed by atoms with Crippen LogP contribution in [-0.4, -0.2) is 40.8 Å². The maximum absolute atomic E-state index is 13.7. The Labute approximate surface area is 216 Å². The third-order valence-corrected chi connectivity index (χ3v) is 7.64. The van der Waals surface area contributed by atoms with Gasteiger partial charge in [-0.3, -0.25) is 4.68 Å². The van der Waals surface area contributed by atoms with Gasteiger partial charge in [-0.1, -0.05) is 0 Å². The fraction of sp³-hybridized carbons (Fsp3) is 0.407. The van der Waals surface area contributed by atoms with E-state index in [1.165, 1.54) is 30.1 Å². The molecule has 7 nitrogen and oxygen atoms in total. The summed E-state index contributed by atoms with van der Waals surface area (Å²) in [6.45, 7) is 4.27. The highest BCUT2D eigenvalue weighted by Crippen LogP contribution is 2.49. The number of aryl methyl sites for hydroxylation is 1. The summed E-state index contributed by atoms with van der Waals surface area (Å²) in [5.41, 5.74) is 1.51. The van der Waals surface area contributed by atoms with Crippen molar-refractivity contribution in [1.29, 1.82) is 0 Å². The number of alkyl halides is 3. The smallest absolute Gasteiger partial charge is 0.376 e. The Morgan fingerprint density at radius 2 is 1.82 bits per heavy atom. The fourth-order valence-corrected chi connectivity index (χ4v) is 5.36. The number of benzene rings is 1. The van der Waals surface area contributed by atoms with Crippen molar-refractivity contribution in [1.82, 2.24) is 29.5 Å². The summed E-state index contributed by atoms with van der Waals surface area (Å²) in [6.07, 6.45) is -1.12. The second-order valence-corrected chi connectivity index (χ2v) is 10.3. The molecule has 3 heterocycles. The van der Waals surface area contributed by atoms with Crippen molar-refractivity contribution in [3.05, 3.63) is 76.4 Å². The molecule has 0 aliphatic heterocycles. The zero-order valence-electron chi connectivity index (χ0n) is 20.9. The van der Waals surface area contributed by atoms with Crippen LogP contribution >= 0.6 is 0 Å². The highest BCUT2D eigenvalue weighted by atomic mass is 19.4. The molecule has 1 atom stereocenters. The molecular weight excluding hydrogens is 500 g/mol. The lowest BCUT2D eigenvalue weighted by Crippen LogP contribution is -2.40. The number of halogens is 4. The standard InChI is InChI=1S/C27H26F4N6O/c1-15-22(36(13-17-3-4-17)35-25(15)18-5-7-19(28)8-6-18)11-20-12-23(33-14-32-20)37-16(2)24-21(34-37)9-10-26(24,38)27(29,30)31/h5-8,12,14,17,38H,3-4,9-11,13H2,1-2H3. The number of aromatic nitrogens is 6. The summed E-state index contributed by atoms with van der Waals surface area (Å²) in [5, 5.41) is 19.7. The molecule has 0 radical (unpaired) electrons. The first-order valence-corrected chi connectivity index (χ1v) is 12.6. The van der Waals surface area contributed by atoms with Crippen molar-refractivity contribution >= 4 is 0 Å². The van der Waals surface area contributed by atoms with Gasteiger partial charge in [0.2, 0.25) is 0 Å². The number of hydrogen-bond acceptors (Lipinski definition) is 5. The van der Waals surface area contributed by atoms with Crippen LogP contribution in [0.4, 0.5) is 17.6 Å². The lowest BCUT2D eigenvalue weighted by molar-refractivity contribution is -0.265. The van der Waals surface area contributed by atoms with Gasteiger partial charge >= 0.3 is 6.18 Å². The van der Waals surface area contributed by atoms with Crippen molar-refractivity contribution in [2.24, 2.45) is 5.92 Å². The quantitative estimate of drug-likeness (QED) is 0.359. The average Bonchev–Trinajstić information content (AvgIpc) is 3.44. The van der Waals surface area contributed by atoms with Gasteiger partial charge in [0.1, 0.15) is 12.1 Å². The molecule has 1 fully saturated rings. The molecule has 1 unspecified atom stereocenters. The van der Waals surface area contributed by atoms with Crippen molar-refractivity contribution < 1.29 is 22.7 Å². The van der Waals surface area contributed by atoms with Gasteiger partial charge in [-0.2, -0.15) is 23.4 Å². The molecule has 1 aromatic carbocycles. The highest BCUT2D eigenvalue weighted by Gasteiger charge is 2.60. The second kappa shape index (κ2) is 8.72. The summed E-state index contributed by atoms with van der Waals surface area (Å²) in [5.74, 6) is 0.582. The van der Waals surface area contributed by atoms with Crippen molar-refractivity contribution in [3.8, 4) is 17.1 Å². The van der Waals surface area contributed by atoms with Crippen LogP contribution in [0, 0.1) is 25.6 Å². The third-order valence-electron chi connectivity index (χ3n) is 7.64. The number of fused-ring (bicyclic) bond motifs is 1. The van der Waals surface area contributed by atoms with Crippen LogP contribution in [0.25, 0.3) is 17.1 Å². The predicted octanol–water partition coefficient (Wildman–Crippen LogP) is 4.98. The third kappa shape index (κ3) is 4.09. The largest absolute Gasteiger partial charge is 0.421 e. The maximum atomic E-state index is 13.7. The van der Waals surface area contributed by atoms with Crippen LogP contribution in [0.15, 0.2) is 36.7 Å². The summed E-state index contributed by atoms with van der Waals surface area (Å²) >= 11 is 0. The molecule has 1 N–H and O–H groups in total. The topological polar surface area (TPSA) is 81.7 Å². The van der Waals surface area contributed by atoms with E-state index in [0.717, 1.165) is 41.9 Å². The van der Waals surface area contributed by atoms with Crippen LogP contribution in [-0.2, 0) is 25.0 Å². The van der Waals surface area contributed by atoms with E-state index in [-0.39, 0.29) is 29.2 Å². The molecule has 0 saturated heterocycles. The Kier molecular flexibility index (Phi) is 5.67. The molecule has 6 rings (SSSR count). The van der Waals surface area contributed by atoms with E-state index in [9.17, 15) is 22.7 Å². The molecular formula is C27H26F4N6O. The Morgan fingerprint density at radius 1 is 1.08 bits per heavy atom. The number of nitrogens with zero attached hydrogens (tertiary/aromatic N) is 6. The van der Waals surface area contributed by atoms with Gasteiger partial charge in [0, 0.05) is 41.5 Å². The predicted molar refractivity (Wildman–Crippen MR) is 130 cm³/mol. The summed E-state index contributed by atoms with van der Waals surface area (Å²) in [7, 11) is 0. The van der Waals surface area contributed by atoms with Crippen LogP contribution in [0.5, 0.6) is 0 Å². The van der Waals surface area contributed by atoms with Crippen LogP contribution in [0.3, 0.4) is 0 Å². The monoisotopic (exact) mass is 526 g/mol. The van der Waals surface area contributed by atoms with Gasteiger partial charge in [-0.05, 0) is 75.3 Å². The molecule has 198 valence electrons. The summed E-state index contributed by atoms with van der Waals surface area (Å²) in [4.78, 5) is 8.69. The average molecular weight is 527 g/mol. The van der Waals surface area contributed by atoms with Gasteiger partial charge in [0.25, 0.3) is 0 Å². The van der Waals surface area contributed by atoms with Crippen LogP contribution in [0.1, 0.15) is 53.2 Å². The minimum absolute atomic E-state index is 0.0306. The van der Waals surface area contributed by atoms with E-state index in [4.69, 9.17) is 5.10 Å². The summed E-state index contributed by atoms with van der Waals surface area (Å²) < 4.78 is 57.9. The Bertz CT molecular complexity index is 1520. The molecule has 0 bridgehead atoms. The first-order valence-electron chi connectivity index (χ1n) is 12.6. The van der Waals surface area contributed by atoms with Gasteiger partial charge in [0.05, 0.1) is 17.1 Å². The van der Waals surface area contributed by atoms with Crippen molar-refractivity contribution in [3.63, 3.8) is 0 Å². The zero-order valence-corrected chi connectivity index (χ0v) is 20.9. The van der Waals surface area contributed by atoms with Gasteiger partial charge in [-0.25, -0.2) is 19.0 Å². The van der Waals surface area contributed by atoms with Crippen LogP contribution in [0.2, 0.25) is 0 Å². The molecule has 3 aromatic heterocycles. The first-order chi connectivity index (χ1) is 18.0. The Balaban J connectivity index is 1.36. The van der Waals surface area contributed by atoms with E-state index < -0.39 is 18.2 Å². The molecule has 38 heavy (non-hydrogen) atoms. The van der Waals surface area contributed by atoms with Gasteiger partial charge < -0.3 is 5.11 Å². The minimum Gasteiger partial charge on any atom is -0.376 e. The lowest BCUT2D eigenvalue weighted by Gasteiger charge is -2.26. The normalized spacial score (nSPS) is 19.2. The molecule has 0 amide bonds. The number of hydrogen-bond donors (Lipinski definition) is 1. The Morgan fingerprint density at radius 3 is 2.50 bits per heavy atom. The van der Waals surface area contributed by atoms with Crippen molar-refractivity contribution in [2.75, 3.05) is 0 Å². The minimum atomic E-state index is -4.80.